The molecule has 214 valence electrons. The number of hydrogen-bond acceptors (Lipinski definition) is 5. The van der Waals surface area contributed by atoms with Gasteiger partial charge in [0.1, 0.15) is 11.5 Å². The van der Waals surface area contributed by atoms with Crippen molar-refractivity contribution < 1.29 is 4.79 Å². The number of rotatable bonds is 5. The standard InChI is InChI=1S/C32H25BrClN7O2/c1-19-36-29(38-37-19)21-7-10-24(11-8-21)40-30-23(15-20-5-3-2-4-6-20)17-35-41(30)28-18-39(14-13-25(28)32(40)43)31(42)22-9-12-26(33)27(34)16-22/h2-12,16-17H,13-15,18H2,1H3,(H,36,37,38). The van der Waals surface area contributed by atoms with Crippen molar-refractivity contribution in [3.05, 3.63) is 133 Å². The molecular weight excluding hydrogens is 630 g/mol. The Labute approximate surface area is 259 Å². The first-order valence-electron chi connectivity index (χ1n) is 13.8. The van der Waals surface area contributed by atoms with E-state index in [1.54, 1.807) is 27.7 Å². The lowest BCUT2D eigenvalue weighted by Gasteiger charge is -2.30. The van der Waals surface area contributed by atoms with E-state index in [2.05, 4.69) is 43.2 Å². The van der Waals surface area contributed by atoms with Crippen molar-refractivity contribution in [3.63, 3.8) is 0 Å². The molecule has 0 bridgehead atoms. The Hall–Kier alpha value is -4.54. The second kappa shape index (κ2) is 10.9. The quantitative estimate of drug-likeness (QED) is 0.254. The number of amides is 1. The van der Waals surface area contributed by atoms with Gasteiger partial charge in [-0.05, 0) is 77.3 Å². The molecule has 1 aliphatic rings. The van der Waals surface area contributed by atoms with E-state index in [9.17, 15) is 9.59 Å². The average molecular weight is 655 g/mol. The van der Waals surface area contributed by atoms with Gasteiger partial charge >= 0.3 is 0 Å². The predicted molar refractivity (Wildman–Crippen MR) is 168 cm³/mol. The summed E-state index contributed by atoms with van der Waals surface area (Å²) in [5.41, 5.74) is 5.98. The Bertz CT molecular complexity index is 2070. The van der Waals surface area contributed by atoms with Crippen LogP contribution >= 0.6 is 27.5 Å². The lowest BCUT2D eigenvalue weighted by atomic mass is 10.0. The zero-order chi connectivity index (χ0) is 29.7. The summed E-state index contributed by atoms with van der Waals surface area (Å²) >= 11 is 9.67. The van der Waals surface area contributed by atoms with Gasteiger partial charge in [-0.3, -0.25) is 19.3 Å². The van der Waals surface area contributed by atoms with Crippen LogP contribution in [0, 0.1) is 6.92 Å². The van der Waals surface area contributed by atoms with Crippen molar-refractivity contribution in [3.8, 4) is 17.1 Å². The number of carbonyl (C=O) groups is 1. The topological polar surface area (TPSA) is 101 Å². The number of H-pyrrole nitrogens is 1. The second-order valence-electron chi connectivity index (χ2n) is 10.5. The highest BCUT2D eigenvalue weighted by molar-refractivity contribution is 9.10. The number of benzene rings is 3. The largest absolute Gasteiger partial charge is 0.332 e. The SMILES string of the molecule is Cc1nc(-c2ccc(-n3c(=O)c4c(n5ncc(Cc6ccccc6)c35)CN(C(=O)c3ccc(Br)c(Cl)c3)CC4)cc2)n[nH]1. The lowest BCUT2D eigenvalue weighted by Crippen LogP contribution is -2.41. The minimum atomic E-state index is -0.146. The molecule has 0 saturated carbocycles. The fourth-order valence-corrected chi connectivity index (χ4v) is 6.04. The van der Waals surface area contributed by atoms with E-state index in [0.717, 1.165) is 27.0 Å². The number of hydrogen-bond donors (Lipinski definition) is 1. The third kappa shape index (κ3) is 4.96. The molecule has 3 aromatic heterocycles. The van der Waals surface area contributed by atoms with Crippen molar-refractivity contribution >= 4 is 39.1 Å². The van der Waals surface area contributed by atoms with Crippen LogP contribution in [0.3, 0.4) is 0 Å². The van der Waals surface area contributed by atoms with Gasteiger partial charge in [0.25, 0.3) is 11.5 Å². The van der Waals surface area contributed by atoms with Crippen LogP contribution in [0.15, 0.2) is 88.3 Å². The molecule has 6 aromatic rings. The Morgan fingerprint density at radius 1 is 1.07 bits per heavy atom. The molecule has 4 heterocycles. The van der Waals surface area contributed by atoms with Gasteiger partial charge < -0.3 is 4.90 Å². The molecule has 1 aliphatic heterocycles. The molecule has 7 rings (SSSR count). The molecule has 43 heavy (non-hydrogen) atoms. The van der Waals surface area contributed by atoms with E-state index >= 15 is 0 Å². The number of aromatic amines is 1. The minimum absolute atomic E-state index is 0.113. The fourth-order valence-electron chi connectivity index (χ4n) is 5.61. The number of nitrogens with one attached hydrogen (secondary N) is 1. The van der Waals surface area contributed by atoms with Gasteiger partial charge in [-0.15, -0.1) is 0 Å². The Balaban J connectivity index is 1.35. The first-order chi connectivity index (χ1) is 20.9. The monoisotopic (exact) mass is 653 g/mol. The highest BCUT2D eigenvalue weighted by Crippen LogP contribution is 2.28. The summed E-state index contributed by atoms with van der Waals surface area (Å²) in [5, 5.41) is 12.4. The summed E-state index contributed by atoms with van der Waals surface area (Å²) in [6.45, 7) is 2.51. The Morgan fingerprint density at radius 2 is 1.86 bits per heavy atom. The van der Waals surface area contributed by atoms with Crippen LogP contribution in [0.4, 0.5) is 0 Å². The number of carbonyl (C=O) groups excluding carboxylic acids is 1. The van der Waals surface area contributed by atoms with Crippen LogP contribution in [0.1, 0.15) is 38.6 Å². The van der Waals surface area contributed by atoms with Crippen LogP contribution in [-0.4, -0.2) is 46.7 Å². The summed E-state index contributed by atoms with van der Waals surface area (Å²) < 4.78 is 4.29. The maximum Gasteiger partial charge on any atom is 0.261 e. The van der Waals surface area contributed by atoms with E-state index in [4.69, 9.17) is 16.7 Å². The molecule has 0 fully saturated rings. The maximum absolute atomic E-state index is 14.3. The van der Waals surface area contributed by atoms with Crippen LogP contribution in [-0.2, 0) is 19.4 Å². The van der Waals surface area contributed by atoms with Crippen LogP contribution < -0.4 is 5.56 Å². The molecule has 1 amide bonds. The molecule has 0 radical (unpaired) electrons. The molecule has 11 heteroatoms. The summed E-state index contributed by atoms with van der Waals surface area (Å²) in [7, 11) is 0. The smallest absolute Gasteiger partial charge is 0.261 e. The van der Waals surface area contributed by atoms with Gasteiger partial charge in [-0.1, -0.05) is 41.9 Å². The molecule has 0 atom stereocenters. The van der Waals surface area contributed by atoms with Crippen molar-refractivity contribution in [1.29, 1.82) is 0 Å². The number of aryl methyl sites for hydroxylation is 1. The Morgan fingerprint density at radius 3 is 2.58 bits per heavy atom. The van der Waals surface area contributed by atoms with E-state index in [1.807, 2.05) is 60.1 Å². The highest BCUT2D eigenvalue weighted by Gasteiger charge is 2.29. The summed E-state index contributed by atoms with van der Waals surface area (Å²) in [4.78, 5) is 34.0. The van der Waals surface area contributed by atoms with Gasteiger partial charge in [0, 0.05) is 39.7 Å². The lowest BCUT2D eigenvalue weighted by molar-refractivity contribution is 0.0729. The van der Waals surface area contributed by atoms with Gasteiger partial charge in [-0.2, -0.15) is 10.2 Å². The molecule has 3 aromatic carbocycles. The second-order valence-corrected chi connectivity index (χ2v) is 11.8. The summed E-state index contributed by atoms with van der Waals surface area (Å²) in [6, 6.07) is 22.9. The van der Waals surface area contributed by atoms with E-state index < -0.39 is 0 Å². The normalized spacial score (nSPS) is 13.0. The van der Waals surface area contributed by atoms with Gasteiger partial charge in [0.2, 0.25) is 0 Å². The van der Waals surface area contributed by atoms with Crippen molar-refractivity contribution in [2.24, 2.45) is 0 Å². The molecular formula is C32H25BrClN7O2. The van der Waals surface area contributed by atoms with Gasteiger partial charge in [0.15, 0.2) is 5.82 Å². The maximum atomic E-state index is 14.3. The number of nitrogens with zero attached hydrogens (tertiary/aromatic N) is 6. The average Bonchev–Trinajstić information content (AvgIpc) is 3.65. The minimum Gasteiger partial charge on any atom is -0.332 e. The van der Waals surface area contributed by atoms with E-state index in [-0.39, 0.29) is 18.0 Å². The van der Waals surface area contributed by atoms with Gasteiger partial charge in [-0.25, -0.2) is 9.50 Å². The molecule has 0 spiro atoms. The van der Waals surface area contributed by atoms with Crippen LogP contribution in [0.5, 0.6) is 0 Å². The number of aromatic nitrogens is 6. The molecule has 9 nitrogen and oxygen atoms in total. The molecule has 1 N–H and O–H groups in total. The fraction of sp³-hybridized carbons (Fsp3) is 0.156. The third-order valence-corrected chi connectivity index (χ3v) is 8.97. The van der Waals surface area contributed by atoms with Crippen LogP contribution in [0.2, 0.25) is 5.02 Å². The first kappa shape index (κ1) is 27.3. The van der Waals surface area contributed by atoms with E-state index in [1.165, 1.54) is 0 Å². The number of halogens is 2. The molecule has 0 aliphatic carbocycles. The first-order valence-corrected chi connectivity index (χ1v) is 15.0. The molecule has 0 unspecified atom stereocenters. The molecule has 0 saturated heterocycles. The zero-order valence-electron chi connectivity index (χ0n) is 23.1. The Kier molecular flexibility index (Phi) is 6.95. The van der Waals surface area contributed by atoms with E-state index in [0.29, 0.717) is 58.4 Å². The third-order valence-electron chi connectivity index (χ3n) is 7.74. The highest BCUT2D eigenvalue weighted by atomic mass is 79.9. The zero-order valence-corrected chi connectivity index (χ0v) is 25.4. The van der Waals surface area contributed by atoms with Crippen molar-refractivity contribution in [2.45, 2.75) is 26.3 Å². The summed E-state index contributed by atoms with van der Waals surface area (Å²) in [6.07, 6.45) is 2.82. The van der Waals surface area contributed by atoms with Crippen LogP contribution in [0.25, 0.3) is 22.7 Å². The number of fused-ring (bicyclic) bond motifs is 3. The predicted octanol–water partition coefficient (Wildman–Crippen LogP) is 5.78. The van der Waals surface area contributed by atoms with Gasteiger partial charge in [0.05, 0.1) is 29.1 Å². The van der Waals surface area contributed by atoms with Crippen molar-refractivity contribution in [2.75, 3.05) is 6.54 Å². The van der Waals surface area contributed by atoms with Crippen molar-refractivity contribution in [1.82, 2.24) is 34.3 Å². The summed E-state index contributed by atoms with van der Waals surface area (Å²) in [5.74, 6) is 1.18.